The van der Waals surface area contributed by atoms with Crippen LogP contribution in [0.25, 0.3) is 0 Å². The molecule has 0 aromatic heterocycles. The zero-order valence-corrected chi connectivity index (χ0v) is 15.7. The fourth-order valence-electron chi connectivity index (χ4n) is 2.59. The molecular weight excluding hydrogens is 358 g/mol. The molecule has 2 N–H and O–H groups in total. The molecular formula is C20H21N5O3. The summed E-state index contributed by atoms with van der Waals surface area (Å²) < 4.78 is 0. The molecule has 0 radical (unpaired) electrons. The van der Waals surface area contributed by atoms with E-state index in [1.807, 2.05) is 24.3 Å². The summed E-state index contributed by atoms with van der Waals surface area (Å²) in [6.07, 6.45) is 1.27. The molecule has 1 amide bonds. The predicted octanol–water partition coefficient (Wildman–Crippen LogP) is 3.90. The standard InChI is InChI=1S/C20H21N5O3/c1-3-24(4-2)17-11-9-16(10-12-17)22-14-15(13-21)20(26)23-18-7-5-6-8-19(18)25(27)28/h5-12,14,22H,3-4H2,1-2H3,(H,23,26)/b15-14-. The molecule has 8 nitrogen and oxygen atoms in total. The van der Waals surface area contributed by atoms with Crippen LogP contribution in [0.4, 0.5) is 22.7 Å². The summed E-state index contributed by atoms with van der Waals surface area (Å²) in [7, 11) is 0. The topological polar surface area (TPSA) is 111 Å². The van der Waals surface area contributed by atoms with Crippen LogP contribution in [-0.2, 0) is 4.79 Å². The number of nitrogens with zero attached hydrogens (tertiary/aromatic N) is 3. The third-order valence-electron chi connectivity index (χ3n) is 4.09. The molecule has 0 heterocycles. The Morgan fingerprint density at radius 3 is 2.39 bits per heavy atom. The Kier molecular flexibility index (Phi) is 7.11. The molecule has 0 saturated carbocycles. The number of amides is 1. The number of nitrogens with one attached hydrogen (secondary N) is 2. The number of nitro groups is 1. The Labute approximate surface area is 163 Å². The second kappa shape index (κ2) is 9.73. The third kappa shape index (κ3) is 5.08. The van der Waals surface area contributed by atoms with Crippen molar-refractivity contribution in [3.05, 3.63) is 70.4 Å². The lowest BCUT2D eigenvalue weighted by molar-refractivity contribution is -0.383. The lowest BCUT2D eigenvalue weighted by Crippen LogP contribution is -2.21. The van der Waals surface area contributed by atoms with E-state index in [1.165, 1.54) is 24.4 Å². The second-order valence-corrected chi connectivity index (χ2v) is 5.76. The van der Waals surface area contributed by atoms with Crippen LogP contribution in [0.1, 0.15) is 13.8 Å². The van der Waals surface area contributed by atoms with E-state index in [-0.39, 0.29) is 16.9 Å². The van der Waals surface area contributed by atoms with Crippen molar-refractivity contribution in [2.24, 2.45) is 0 Å². The Balaban J connectivity index is 2.11. The Bertz CT molecular complexity index is 912. The molecule has 0 saturated heterocycles. The maximum Gasteiger partial charge on any atom is 0.292 e. The zero-order valence-electron chi connectivity index (χ0n) is 15.7. The molecule has 2 aromatic rings. The third-order valence-corrected chi connectivity index (χ3v) is 4.09. The lowest BCUT2D eigenvalue weighted by Gasteiger charge is -2.21. The van der Waals surface area contributed by atoms with Crippen LogP contribution in [0.5, 0.6) is 0 Å². The first kappa shape index (κ1) is 20.5. The van der Waals surface area contributed by atoms with Gasteiger partial charge in [0.15, 0.2) is 0 Å². The lowest BCUT2D eigenvalue weighted by atomic mass is 10.2. The van der Waals surface area contributed by atoms with Crippen LogP contribution in [0.15, 0.2) is 60.3 Å². The quantitative estimate of drug-likeness (QED) is 0.311. The van der Waals surface area contributed by atoms with Crippen LogP contribution in [0.3, 0.4) is 0 Å². The smallest absolute Gasteiger partial charge is 0.292 e. The minimum Gasteiger partial charge on any atom is -0.372 e. The molecule has 0 bridgehead atoms. The highest BCUT2D eigenvalue weighted by molar-refractivity contribution is 6.07. The Morgan fingerprint density at radius 1 is 1.18 bits per heavy atom. The number of nitro benzene ring substituents is 1. The number of para-hydroxylation sites is 2. The van der Waals surface area contributed by atoms with Crippen LogP contribution < -0.4 is 15.5 Å². The number of benzene rings is 2. The molecule has 144 valence electrons. The number of rotatable bonds is 8. The van der Waals surface area contributed by atoms with E-state index in [2.05, 4.69) is 29.4 Å². The first-order valence-electron chi connectivity index (χ1n) is 8.76. The molecule has 0 unspecified atom stereocenters. The van der Waals surface area contributed by atoms with E-state index in [0.29, 0.717) is 5.69 Å². The van der Waals surface area contributed by atoms with E-state index in [4.69, 9.17) is 0 Å². The van der Waals surface area contributed by atoms with Gasteiger partial charge >= 0.3 is 0 Å². The molecule has 0 fully saturated rings. The highest BCUT2D eigenvalue weighted by atomic mass is 16.6. The highest BCUT2D eigenvalue weighted by Gasteiger charge is 2.17. The van der Waals surface area contributed by atoms with Gasteiger partial charge in [0.25, 0.3) is 11.6 Å². The Morgan fingerprint density at radius 2 is 1.82 bits per heavy atom. The molecule has 0 spiro atoms. The summed E-state index contributed by atoms with van der Waals surface area (Å²) in [4.78, 5) is 24.9. The van der Waals surface area contributed by atoms with Gasteiger partial charge in [-0.05, 0) is 44.2 Å². The van der Waals surface area contributed by atoms with Crippen molar-refractivity contribution in [1.29, 1.82) is 5.26 Å². The minimum atomic E-state index is -0.732. The molecule has 0 aliphatic rings. The zero-order chi connectivity index (χ0) is 20.5. The van der Waals surface area contributed by atoms with Crippen molar-refractivity contribution >= 4 is 28.7 Å². The summed E-state index contributed by atoms with van der Waals surface area (Å²) in [6.45, 7) is 5.95. The monoisotopic (exact) mass is 379 g/mol. The van der Waals surface area contributed by atoms with Crippen molar-refractivity contribution < 1.29 is 9.72 Å². The van der Waals surface area contributed by atoms with Gasteiger partial charge in [-0.2, -0.15) is 5.26 Å². The van der Waals surface area contributed by atoms with Gasteiger partial charge < -0.3 is 15.5 Å². The number of carbonyl (C=O) groups excluding carboxylic acids is 1. The molecule has 0 aliphatic heterocycles. The number of hydrogen-bond acceptors (Lipinski definition) is 6. The number of hydrogen-bond donors (Lipinski definition) is 2. The average Bonchev–Trinajstić information content (AvgIpc) is 2.70. The number of anilines is 3. The summed E-state index contributed by atoms with van der Waals surface area (Å²) in [5, 5.41) is 25.6. The molecule has 2 rings (SSSR count). The van der Waals surface area contributed by atoms with Crippen molar-refractivity contribution in [3.63, 3.8) is 0 Å². The second-order valence-electron chi connectivity index (χ2n) is 5.76. The van der Waals surface area contributed by atoms with E-state index in [9.17, 15) is 20.2 Å². The van der Waals surface area contributed by atoms with E-state index in [0.717, 1.165) is 18.8 Å². The molecule has 2 aromatic carbocycles. The summed E-state index contributed by atoms with van der Waals surface area (Å²) in [5.74, 6) is -0.732. The first-order chi connectivity index (χ1) is 13.5. The van der Waals surface area contributed by atoms with Crippen LogP contribution >= 0.6 is 0 Å². The predicted molar refractivity (Wildman–Crippen MR) is 109 cm³/mol. The van der Waals surface area contributed by atoms with Gasteiger partial charge in [0, 0.05) is 36.7 Å². The SMILES string of the molecule is CCN(CC)c1ccc(N/C=C(/C#N)C(=O)Nc2ccccc2[N+](=O)[O-])cc1. The van der Waals surface area contributed by atoms with Gasteiger partial charge in [0.05, 0.1) is 4.92 Å². The molecule has 0 atom stereocenters. The Hall–Kier alpha value is -3.86. The van der Waals surface area contributed by atoms with Gasteiger partial charge in [-0.15, -0.1) is 0 Å². The van der Waals surface area contributed by atoms with Gasteiger partial charge in [0.2, 0.25) is 0 Å². The van der Waals surface area contributed by atoms with E-state index in [1.54, 1.807) is 12.1 Å². The maximum atomic E-state index is 12.3. The average molecular weight is 379 g/mol. The van der Waals surface area contributed by atoms with Gasteiger partial charge in [0.1, 0.15) is 17.3 Å². The highest BCUT2D eigenvalue weighted by Crippen LogP contribution is 2.23. The largest absolute Gasteiger partial charge is 0.372 e. The molecule has 8 heteroatoms. The molecule has 0 aliphatic carbocycles. The molecule has 28 heavy (non-hydrogen) atoms. The first-order valence-corrected chi connectivity index (χ1v) is 8.76. The van der Waals surface area contributed by atoms with Crippen LogP contribution in [0.2, 0.25) is 0 Å². The van der Waals surface area contributed by atoms with E-state index >= 15 is 0 Å². The van der Waals surface area contributed by atoms with Crippen molar-refractivity contribution in [2.45, 2.75) is 13.8 Å². The van der Waals surface area contributed by atoms with Crippen molar-refractivity contribution in [2.75, 3.05) is 28.6 Å². The van der Waals surface area contributed by atoms with Gasteiger partial charge in [-0.3, -0.25) is 14.9 Å². The fourth-order valence-corrected chi connectivity index (χ4v) is 2.59. The van der Waals surface area contributed by atoms with Gasteiger partial charge in [-0.1, -0.05) is 12.1 Å². The van der Waals surface area contributed by atoms with Crippen molar-refractivity contribution in [1.82, 2.24) is 0 Å². The maximum absolute atomic E-state index is 12.3. The fraction of sp³-hybridized carbons (Fsp3) is 0.200. The summed E-state index contributed by atoms with van der Waals surface area (Å²) >= 11 is 0. The number of nitriles is 1. The van der Waals surface area contributed by atoms with Crippen LogP contribution in [0, 0.1) is 21.4 Å². The number of carbonyl (C=O) groups is 1. The summed E-state index contributed by atoms with van der Waals surface area (Å²) in [6, 6.07) is 15.1. The van der Waals surface area contributed by atoms with Gasteiger partial charge in [-0.25, -0.2) is 0 Å². The summed E-state index contributed by atoms with van der Waals surface area (Å²) in [5.41, 5.74) is 1.37. The normalized spacial score (nSPS) is 10.7. The van der Waals surface area contributed by atoms with Crippen LogP contribution in [-0.4, -0.2) is 23.9 Å². The van der Waals surface area contributed by atoms with Crippen molar-refractivity contribution in [3.8, 4) is 6.07 Å². The van der Waals surface area contributed by atoms with E-state index < -0.39 is 10.8 Å². The minimum absolute atomic E-state index is 0.0298.